The molecule has 3 heterocycles. The van der Waals surface area contributed by atoms with Gasteiger partial charge in [0.15, 0.2) is 11.4 Å². The maximum Gasteiger partial charge on any atom is 0.494 e. The third-order valence-electron chi connectivity index (χ3n) is 12.2. The number of alkyl carbamates (subject to hydrolysis) is 1. The highest BCUT2D eigenvalue weighted by Gasteiger charge is 2.64. The molecule has 0 unspecified atom stereocenters. The van der Waals surface area contributed by atoms with Gasteiger partial charge in [-0.05, 0) is 86.7 Å². The maximum atomic E-state index is 15.7. The Labute approximate surface area is 378 Å². The molecule has 0 bridgehead atoms. The van der Waals surface area contributed by atoms with E-state index >= 15 is 4.79 Å². The number of hydrogen-bond donors (Lipinski definition) is 1. The van der Waals surface area contributed by atoms with E-state index in [0.717, 1.165) is 15.9 Å². The van der Waals surface area contributed by atoms with Gasteiger partial charge in [-0.2, -0.15) is 18.3 Å². The standard InChI is InChI=1S/C45H49BClF5N6O7/c1-40(2,3)25-44(29-14-16-30(17-15-29)46-64-41(4,5)42(6,7)65-46)37(60)57(38(56-44)55-39(61)63-23-27-11-9-8-10-12-27)33(24-62-34(59)22-43(19-20-43)45(50,51)52)28-13-18-31(47)32(21-28)58-36(35(48)49)53-26-54-58/h8-18,21,26,33,35H,19-20,22-25H2,1-7H3,(H,55,56,61)/t33-,44-/m1/s1. The molecule has 13 nitrogen and oxygen atoms in total. The Morgan fingerprint density at radius 1 is 0.938 bits per heavy atom. The highest BCUT2D eigenvalue weighted by Crippen LogP contribution is 2.60. The van der Waals surface area contributed by atoms with Gasteiger partial charge in [-0.3, -0.25) is 19.8 Å². The number of alkyl halides is 5. The molecule has 2 amide bonds. The first-order valence-electron chi connectivity index (χ1n) is 20.9. The summed E-state index contributed by atoms with van der Waals surface area (Å²) in [5, 5.41) is 6.48. The monoisotopic (exact) mass is 926 g/mol. The van der Waals surface area contributed by atoms with Crippen LogP contribution in [0.25, 0.3) is 5.69 Å². The molecule has 2 atom stereocenters. The van der Waals surface area contributed by atoms with Gasteiger partial charge in [0, 0.05) is 0 Å². The fourth-order valence-electron chi connectivity index (χ4n) is 7.89. The van der Waals surface area contributed by atoms with E-state index in [9.17, 15) is 31.5 Å². The number of benzene rings is 3. The first kappa shape index (κ1) is 47.6. The first-order valence-corrected chi connectivity index (χ1v) is 21.3. The van der Waals surface area contributed by atoms with E-state index in [-0.39, 0.29) is 48.1 Å². The summed E-state index contributed by atoms with van der Waals surface area (Å²) < 4.78 is 94.8. The lowest BCUT2D eigenvalue weighted by Crippen LogP contribution is -2.50. The molecule has 2 aliphatic heterocycles. The highest BCUT2D eigenvalue weighted by molar-refractivity contribution is 6.62. The number of hydrogen-bond acceptors (Lipinski definition) is 10. The van der Waals surface area contributed by atoms with Crippen molar-refractivity contribution in [1.29, 1.82) is 0 Å². The summed E-state index contributed by atoms with van der Waals surface area (Å²) in [4.78, 5) is 52.4. The summed E-state index contributed by atoms with van der Waals surface area (Å²) >= 11 is 6.56. The number of nitrogens with zero attached hydrogens (tertiary/aromatic N) is 5. The van der Waals surface area contributed by atoms with Crippen molar-refractivity contribution in [2.45, 2.75) is 116 Å². The molecule has 1 saturated carbocycles. The van der Waals surface area contributed by atoms with Crippen LogP contribution in [0.4, 0.5) is 26.7 Å². The van der Waals surface area contributed by atoms with Gasteiger partial charge in [-0.1, -0.05) is 93.0 Å². The van der Waals surface area contributed by atoms with Crippen molar-refractivity contribution >= 4 is 48.1 Å². The number of nitrogens with one attached hydrogen (secondary N) is 1. The van der Waals surface area contributed by atoms with Crippen molar-refractivity contribution in [3.63, 3.8) is 0 Å². The summed E-state index contributed by atoms with van der Waals surface area (Å²) in [7, 11) is -0.746. The first-order chi connectivity index (χ1) is 30.4. The van der Waals surface area contributed by atoms with Gasteiger partial charge >= 0.3 is 25.4 Å². The number of carbonyl (C=O) groups is 3. The second kappa shape index (κ2) is 17.4. The number of esters is 1. The second-order valence-electron chi connectivity index (χ2n) is 18.8. The zero-order valence-electron chi connectivity index (χ0n) is 36.8. The Morgan fingerprint density at radius 3 is 2.17 bits per heavy atom. The van der Waals surface area contributed by atoms with E-state index in [1.54, 1.807) is 54.6 Å². The minimum absolute atomic E-state index is 0.0403. The molecule has 1 aliphatic carbocycles. The lowest BCUT2D eigenvalue weighted by molar-refractivity contribution is -0.195. The number of aliphatic imine (C=N–C) groups is 1. The number of guanidine groups is 1. The molecule has 20 heteroatoms. The Morgan fingerprint density at radius 2 is 1.58 bits per heavy atom. The van der Waals surface area contributed by atoms with Gasteiger partial charge < -0.3 is 18.8 Å². The second-order valence-corrected chi connectivity index (χ2v) is 19.2. The Balaban J connectivity index is 1.34. The summed E-state index contributed by atoms with van der Waals surface area (Å²) in [6.45, 7) is 12.4. The van der Waals surface area contributed by atoms with E-state index in [4.69, 9.17) is 35.4 Å². The van der Waals surface area contributed by atoms with Crippen LogP contribution >= 0.6 is 11.6 Å². The lowest BCUT2D eigenvalue weighted by atomic mass is 9.73. The fraction of sp³-hybridized carbons (Fsp3) is 0.467. The van der Waals surface area contributed by atoms with Crippen LogP contribution in [0, 0.1) is 10.8 Å². The topological polar surface area (TPSA) is 146 Å². The Kier molecular flexibility index (Phi) is 12.8. The molecule has 346 valence electrons. The minimum Gasteiger partial charge on any atom is -0.463 e. The molecular formula is C45H49BClF5N6O7. The van der Waals surface area contributed by atoms with Crippen molar-refractivity contribution in [2.24, 2.45) is 15.8 Å². The Bertz CT molecular complexity index is 2440. The molecular weight excluding hydrogens is 878 g/mol. The number of ether oxygens (including phenoxy) is 2. The van der Waals surface area contributed by atoms with Gasteiger partial charge in [0.25, 0.3) is 12.3 Å². The highest BCUT2D eigenvalue weighted by atomic mass is 35.5. The molecule has 65 heavy (non-hydrogen) atoms. The largest absolute Gasteiger partial charge is 0.494 e. The lowest BCUT2D eigenvalue weighted by Gasteiger charge is -2.35. The molecule has 0 spiro atoms. The van der Waals surface area contributed by atoms with Gasteiger partial charge in [-0.25, -0.2) is 28.2 Å². The smallest absolute Gasteiger partial charge is 0.463 e. The van der Waals surface area contributed by atoms with E-state index < -0.39 is 90.2 Å². The van der Waals surface area contributed by atoms with Crippen molar-refractivity contribution in [2.75, 3.05) is 6.61 Å². The number of carbonyl (C=O) groups excluding carboxylic acids is 3. The molecule has 3 aliphatic rings. The third-order valence-corrected chi connectivity index (χ3v) is 12.5. The van der Waals surface area contributed by atoms with E-state index in [2.05, 4.69) is 15.4 Å². The van der Waals surface area contributed by atoms with Gasteiger partial charge in [-0.15, -0.1) is 0 Å². The molecule has 4 aromatic rings. The quantitative estimate of drug-likeness (QED) is 0.0789. The molecule has 1 aromatic heterocycles. The van der Waals surface area contributed by atoms with Crippen LogP contribution in [-0.2, 0) is 40.5 Å². The molecule has 3 aromatic carbocycles. The number of halogens is 6. The average Bonchev–Trinajstić information content (AvgIpc) is 3.67. The van der Waals surface area contributed by atoms with Gasteiger partial charge in [0.2, 0.25) is 5.96 Å². The molecule has 2 fully saturated rings. The zero-order valence-corrected chi connectivity index (χ0v) is 37.6. The normalized spacial score (nSPS) is 20.5. The van der Waals surface area contributed by atoms with E-state index in [1.165, 1.54) is 18.2 Å². The maximum absolute atomic E-state index is 15.7. The Hall–Kier alpha value is -5.40. The van der Waals surface area contributed by atoms with Crippen LogP contribution in [-0.4, -0.2) is 74.7 Å². The van der Waals surface area contributed by atoms with E-state index in [1.807, 2.05) is 48.5 Å². The summed E-state index contributed by atoms with van der Waals surface area (Å²) in [5.41, 5.74) is -4.31. The van der Waals surface area contributed by atoms with Gasteiger partial charge in [0.1, 0.15) is 19.5 Å². The predicted molar refractivity (Wildman–Crippen MR) is 229 cm³/mol. The van der Waals surface area contributed by atoms with Crippen LogP contribution < -0.4 is 10.8 Å². The SMILES string of the molecule is CC(C)(C)C[C@]1(c2ccc(B3OC(C)(C)C(C)(C)O3)cc2)N=C(NC(=O)OCc2ccccc2)N([C@H](COC(=O)CC2(C(F)(F)F)CC2)c2ccc(Cl)c(-n3ncnc3C(F)F)c2)C1=O. The average molecular weight is 927 g/mol. The van der Waals surface area contributed by atoms with Crippen molar-refractivity contribution in [3.05, 3.63) is 107 Å². The summed E-state index contributed by atoms with van der Waals surface area (Å²) in [6.07, 6.45) is -9.35. The van der Waals surface area contributed by atoms with Crippen LogP contribution in [0.15, 0.2) is 84.1 Å². The van der Waals surface area contributed by atoms with Crippen LogP contribution in [0.1, 0.15) is 109 Å². The summed E-state index contributed by atoms with van der Waals surface area (Å²) in [5.74, 6) is -3.04. The number of aromatic nitrogens is 3. The molecule has 1 saturated heterocycles. The van der Waals surface area contributed by atoms with Crippen LogP contribution in [0.5, 0.6) is 0 Å². The summed E-state index contributed by atoms with van der Waals surface area (Å²) in [6, 6.07) is 18.2. The molecule has 7 rings (SSSR count). The molecule has 0 radical (unpaired) electrons. The fourth-order valence-corrected chi connectivity index (χ4v) is 8.09. The minimum atomic E-state index is -4.67. The van der Waals surface area contributed by atoms with Crippen LogP contribution in [0.3, 0.4) is 0 Å². The van der Waals surface area contributed by atoms with Crippen LogP contribution in [0.2, 0.25) is 5.02 Å². The molecule has 1 N–H and O–H groups in total. The third kappa shape index (κ3) is 9.77. The predicted octanol–water partition coefficient (Wildman–Crippen LogP) is 8.93. The van der Waals surface area contributed by atoms with Gasteiger partial charge in [0.05, 0.1) is 39.8 Å². The van der Waals surface area contributed by atoms with Crippen molar-refractivity contribution < 1.29 is 55.1 Å². The van der Waals surface area contributed by atoms with Crippen molar-refractivity contribution in [1.82, 2.24) is 25.0 Å². The van der Waals surface area contributed by atoms with Crippen molar-refractivity contribution in [3.8, 4) is 5.69 Å². The number of amides is 2. The van der Waals surface area contributed by atoms with E-state index in [0.29, 0.717) is 16.6 Å². The number of rotatable bonds is 13. The zero-order chi connectivity index (χ0) is 47.3.